The van der Waals surface area contributed by atoms with Gasteiger partial charge in [0.15, 0.2) is 0 Å². The van der Waals surface area contributed by atoms with E-state index in [-0.39, 0.29) is 0 Å². The number of rotatable bonds is 3. The van der Waals surface area contributed by atoms with Crippen molar-refractivity contribution in [2.75, 3.05) is 0 Å². The van der Waals surface area contributed by atoms with E-state index in [2.05, 4.69) is 6.58 Å². The van der Waals surface area contributed by atoms with E-state index in [9.17, 15) is 13.0 Å². The summed E-state index contributed by atoms with van der Waals surface area (Å²) in [5.74, 6) is 0. The second kappa shape index (κ2) is 3.37. The molecular formula is C4H7O3SSe-. The SMILES string of the molecule is C=C(C)C[Se]S(=O)(=O)[O-]. The Bertz CT molecular complexity index is 194. The van der Waals surface area contributed by atoms with Gasteiger partial charge in [-0.25, -0.2) is 0 Å². The maximum absolute atomic E-state index is 9.97. The summed E-state index contributed by atoms with van der Waals surface area (Å²) in [6.07, 6.45) is 0. The Morgan fingerprint density at radius 1 is 1.78 bits per heavy atom. The first-order chi connectivity index (χ1) is 3.92. The molecule has 5 heteroatoms. The van der Waals surface area contributed by atoms with Crippen LogP contribution in [0.15, 0.2) is 12.2 Å². The summed E-state index contributed by atoms with van der Waals surface area (Å²) < 4.78 is 29.9. The molecule has 0 fully saturated rings. The first kappa shape index (κ1) is 9.17. The van der Waals surface area contributed by atoms with Gasteiger partial charge in [0.25, 0.3) is 0 Å². The molecular weight excluding hydrogens is 207 g/mol. The van der Waals surface area contributed by atoms with Gasteiger partial charge in [-0.1, -0.05) is 0 Å². The molecule has 0 aliphatic rings. The monoisotopic (exact) mass is 215 g/mol. The normalized spacial score (nSPS) is 11.3. The van der Waals surface area contributed by atoms with Crippen molar-refractivity contribution in [3.63, 3.8) is 0 Å². The van der Waals surface area contributed by atoms with Gasteiger partial charge in [-0.15, -0.1) is 0 Å². The Balaban J connectivity index is 3.67. The van der Waals surface area contributed by atoms with Crippen LogP contribution in [0.1, 0.15) is 6.92 Å². The molecule has 9 heavy (non-hydrogen) atoms. The minimum atomic E-state index is -3.97. The van der Waals surface area contributed by atoms with E-state index >= 15 is 0 Å². The molecule has 0 aromatic carbocycles. The summed E-state index contributed by atoms with van der Waals surface area (Å²) in [6, 6.07) is 0. The summed E-state index contributed by atoms with van der Waals surface area (Å²) in [4.78, 5) is 0. The number of allylic oxidation sites excluding steroid dienone is 1. The van der Waals surface area contributed by atoms with Crippen LogP contribution in [0.2, 0.25) is 5.32 Å². The van der Waals surface area contributed by atoms with E-state index in [0.29, 0.717) is 5.32 Å². The molecule has 0 saturated heterocycles. The first-order valence-electron chi connectivity index (χ1n) is 2.16. The summed E-state index contributed by atoms with van der Waals surface area (Å²) in [5, 5.41) is 0.332. The van der Waals surface area contributed by atoms with Gasteiger partial charge in [0, 0.05) is 0 Å². The molecule has 0 N–H and O–H groups in total. The molecule has 0 saturated carbocycles. The third kappa shape index (κ3) is 8.17. The fraction of sp³-hybridized carbons (Fsp3) is 0.500. The molecule has 0 spiro atoms. The van der Waals surface area contributed by atoms with Gasteiger partial charge in [-0.2, -0.15) is 0 Å². The summed E-state index contributed by atoms with van der Waals surface area (Å²) in [5.41, 5.74) is 0.745. The summed E-state index contributed by atoms with van der Waals surface area (Å²) in [7, 11) is -3.97. The quantitative estimate of drug-likeness (QED) is 0.381. The van der Waals surface area contributed by atoms with Crippen LogP contribution in [0, 0.1) is 0 Å². The van der Waals surface area contributed by atoms with Gasteiger partial charge in [-0.3, -0.25) is 0 Å². The first-order valence-corrected chi connectivity index (χ1v) is 6.81. The molecule has 0 atom stereocenters. The zero-order chi connectivity index (χ0) is 7.49. The third-order valence-electron chi connectivity index (χ3n) is 0.450. The van der Waals surface area contributed by atoms with Crippen LogP contribution < -0.4 is 0 Å². The van der Waals surface area contributed by atoms with Crippen molar-refractivity contribution >= 4 is 22.4 Å². The molecule has 0 unspecified atom stereocenters. The molecule has 0 amide bonds. The third-order valence-corrected chi connectivity index (χ3v) is 4.45. The van der Waals surface area contributed by atoms with Gasteiger partial charge < -0.3 is 0 Å². The molecule has 3 nitrogen and oxygen atoms in total. The van der Waals surface area contributed by atoms with Crippen LogP contribution >= 0.6 is 0 Å². The average Bonchev–Trinajstić information content (AvgIpc) is 1.59. The van der Waals surface area contributed by atoms with Crippen molar-refractivity contribution in [3.8, 4) is 0 Å². The van der Waals surface area contributed by atoms with Crippen molar-refractivity contribution in [1.29, 1.82) is 0 Å². The van der Waals surface area contributed by atoms with Gasteiger partial charge in [0.2, 0.25) is 0 Å². The van der Waals surface area contributed by atoms with Crippen molar-refractivity contribution in [3.05, 3.63) is 12.2 Å². The Morgan fingerprint density at radius 3 is 2.33 bits per heavy atom. The van der Waals surface area contributed by atoms with Gasteiger partial charge >= 0.3 is 59.7 Å². The predicted molar refractivity (Wildman–Crippen MR) is 35.1 cm³/mol. The average molecular weight is 214 g/mol. The van der Waals surface area contributed by atoms with E-state index in [1.54, 1.807) is 6.92 Å². The second-order valence-electron chi connectivity index (χ2n) is 1.63. The standard InChI is InChI=1S/C4H8O3SSe/c1-4(2)3-9-8(5,6)7/h1,3H2,2H3,(H,5,6,7)/p-1. The van der Waals surface area contributed by atoms with E-state index in [1.165, 1.54) is 0 Å². The summed E-state index contributed by atoms with van der Waals surface area (Å²) >= 11 is -0.848. The van der Waals surface area contributed by atoms with Crippen LogP contribution in [-0.4, -0.2) is 26.8 Å². The molecule has 0 aliphatic heterocycles. The topological polar surface area (TPSA) is 57.2 Å². The van der Waals surface area contributed by atoms with E-state index < -0.39 is 22.4 Å². The van der Waals surface area contributed by atoms with E-state index in [1.807, 2.05) is 0 Å². The minimum absolute atomic E-state index is 0.332. The molecule has 0 radical (unpaired) electrons. The van der Waals surface area contributed by atoms with Crippen LogP contribution in [-0.2, 0) is 8.54 Å². The van der Waals surface area contributed by atoms with E-state index in [0.717, 1.165) is 5.57 Å². The van der Waals surface area contributed by atoms with Crippen LogP contribution in [0.4, 0.5) is 0 Å². The van der Waals surface area contributed by atoms with Gasteiger partial charge in [0.1, 0.15) is 0 Å². The van der Waals surface area contributed by atoms with Crippen molar-refractivity contribution in [1.82, 2.24) is 0 Å². The fourth-order valence-electron chi connectivity index (χ4n) is 0.173. The predicted octanol–water partition coefficient (Wildman–Crippen LogP) is 0.145. The molecule has 54 valence electrons. The fourth-order valence-corrected chi connectivity index (χ4v) is 2.69. The van der Waals surface area contributed by atoms with Crippen molar-refractivity contribution < 1.29 is 13.0 Å². The molecule has 0 heterocycles. The van der Waals surface area contributed by atoms with Crippen LogP contribution in [0.3, 0.4) is 0 Å². The van der Waals surface area contributed by atoms with Crippen LogP contribution in [0.25, 0.3) is 0 Å². The molecule has 0 aliphatic carbocycles. The maximum atomic E-state index is 9.97. The summed E-state index contributed by atoms with van der Waals surface area (Å²) in [6.45, 7) is 5.17. The van der Waals surface area contributed by atoms with Gasteiger partial charge in [-0.05, 0) is 0 Å². The molecule has 0 bridgehead atoms. The van der Waals surface area contributed by atoms with Crippen molar-refractivity contribution in [2.24, 2.45) is 0 Å². The van der Waals surface area contributed by atoms with Crippen LogP contribution in [0.5, 0.6) is 0 Å². The van der Waals surface area contributed by atoms with E-state index in [4.69, 9.17) is 0 Å². The molecule has 0 aromatic heterocycles. The van der Waals surface area contributed by atoms with Crippen molar-refractivity contribution in [2.45, 2.75) is 12.2 Å². The Morgan fingerprint density at radius 2 is 2.22 bits per heavy atom. The number of hydrogen-bond acceptors (Lipinski definition) is 3. The Hall–Kier alpha value is 0.169. The molecule has 0 rings (SSSR count). The zero-order valence-electron chi connectivity index (χ0n) is 4.96. The molecule has 0 aromatic rings. The Kier molecular flexibility index (Phi) is 3.43. The second-order valence-corrected chi connectivity index (χ2v) is 7.34. The number of hydrogen-bond donors (Lipinski definition) is 0. The Labute approximate surface area is 60.1 Å². The van der Waals surface area contributed by atoms with Gasteiger partial charge in [0.05, 0.1) is 0 Å². The zero-order valence-corrected chi connectivity index (χ0v) is 7.49.